The Morgan fingerprint density at radius 2 is 1.42 bits per heavy atom. The van der Waals surface area contributed by atoms with Crippen molar-refractivity contribution in [1.82, 2.24) is 0 Å². The Balaban J connectivity index is 0.00000216. The van der Waals surface area contributed by atoms with Gasteiger partial charge in [0.15, 0.2) is 0 Å². The fourth-order valence-electron chi connectivity index (χ4n) is 8.24. The molecule has 2 unspecified atom stereocenters. The van der Waals surface area contributed by atoms with E-state index in [0.29, 0.717) is 9.54 Å². The Labute approximate surface area is 322 Å². The molecule has 0 spiro atoms. The fraction of sp³-hybridized carbons (Fsp3) is 0.234. The van der Waals surface area contributed by atoms with Crippen molar-refractivity contribution in [3.63, 3.8) is 0 Å². The van der Waals surface area contributed by atoms with E-state index in [-0.39, 0.29) is 33.4 Å². The van der Waals surface area contributed by atoms with E-state index in [1.165, 1.54) is 77.2 Å². The zero-order valence-corrected chi connectivity index (χ0v) is 34.0. The van der Waals surface area contributed by atoms with Crippen LogP contribution in [-0.2, 0) is 31.8 Å². The maximum atomic E-state index is 2.62. The summed E-state index contributed by atoms with van der Waals surface area (Å²) in [7, 11) is 0. The van der Waals surface area contributed by atoms with Gasteiger partial charge in [0.25, 0.3) is 0 Å². The molecule has 0 fully saturated rings. The molecule has 6 aromatic rings. The molecule has 6 aromatic carbocycles. The van der Waals surface area contributed by atoms with Gasteiger partial charge >= 0.3 is 300 Å². The van der Waals surface area contributed by atoms with Gasteiger partial charge in [-0.2, -0.15) is 0 Å². The molecule has 2 atom stereocenters. The smallest absolute Gasteiger partial charge is 1.00 e. The largest absolute Gasteiger partial charge is 1.00 e. The Kier molecular flexibility index (Phi) is 10.0. The molecule has 2 aliphatic carbocycles. The molecule has 0 saturated carbocycles. The summed E-state index contributed by atoms with van der Waals surface area (Å²) in [5.74, 6) is 0.482. The van der Waals surface area contributed by atoms with Gasteiger partial charge in [0, 0.05) is 0 Å². The van der Waals surface area contributed by atoms with Crippen LogP contribution in [-0.4, -0.2) is 0 Å². The van der Waals surface area contributed by atoms with Crippen LogP contribution < -0.4 is 24.8 Å². The molecule has 0 aromatic heterocycles. The molecule has 8 rings (SSSR count). The number of halogens is 2. The van der Waals surface area contributed by atoms with Crippen LogP contribution in [0.5, 0.6) is 0 Å². The normalized spacial score (nSPS) is 17.6. The van der Waals surface area contributed by atoms with Gasteiger partial charge in [-0.25, -0.2) is 0 Å². The second-order valence-corrected chi connectivity index (χ2v) is 19.5. The van der Waals surface area contributed by atoms with Crippen LogP contribution >= 0.6 is 0 Å². The summed E-state index contributed by atoms with van der Waals surface area (Å²) in [6, 6.07) is 42.3. The van der Waals surface area contributed by atoms with Crippen molar-refractivity contribution in [3.8, 4) is 11.1 Å². The first-order valence-electron chi connectivity index (χ1n) is 17.5. The zero-order chi connectivity index (χ0) is 33.4. The van der Waals surface area contributed by atoms with Crippen molar-refractivity contribution in [2.75, 3.05) is 0 Å². The second kappa shape index (κ2) is 13.7. The number of aryl methyl sites for hydroxylation is 2. The SMILES string of the molecule is Cc1ccc2c(ccc3cc(C)cc([C]4([Zr+2][CH]5C(C(C)C)=Cc6c(-c7ccc(C(C)(C)C)cc7)cccc65)C=Cc5ccccc54)c32)c1.[Cl-].[Cl-]. The molecule has 3 heteroatoms. The third-order valence-corrected chi connectivity index (χ3v) is 15.9. The molecule has 0 N–H and O–H groups in total. The van der Waals surface area contributed by atoms with E-state index in [1.807, 2.05) is 0 Å². The second-order valence-electron chi connectivity index (χ2n) is 15.4. The predicted octanol–water partition coefficient (Wildman–Crippen LogP) is 6.73. The van der Waals surface area contributed by atoms with E-state index in [2.05, 4.69) is 176 Å². The molecule has 0 nitrogen and oxygen atoms in total. The number of benzene rings is 6. The average Bonchev–Trinajstić information content (AvgIpc) is 3.63. The first-order chi connectivity index (χ1) is 23.0. The van der Waals surface area contributed by atoms with Crippen LogP contribution in [0.2, 0.25) is 0 Å². The van der Waals surface area contributed by atoms with E-state index >= 15 is 0 Å². The number of fused-ring (bicyclic) bond motifs is 5. The molecule has 0 bridgehead atoms. The van der Waals surface area contributed by atoms with Gasteiger partial charge in [-0.15, -0.1) is 0 Å². The Bertz CT molecular complexity index is 2300. The van der Waals surface area contributed by atoms with Crippen molar-refractivity contribution >= 4 is 33.7 Å². The van der Waals surface area contributed by atoms with Crippen molar-refractivity contribution < 1.29 is 48.0 Å². The molecule has 50 heavy (non-hydrogen) atoms. The molecule has 250 valence electrons. The maximum Gasteiger partial charge on any atom is -1.00 e. The summed E-state index contributed by atoms with van der Waals surface area (Å²) in [5, 5.41) is 5.49. The van der Waals surface area contributed by atoms with Crippen LogP contribution in [0.3, 0.4) is 0 Å². The minimum atomic E-state index is -1.33. The molecule has 0 aliphatic heterocycles. The first kappa shape index (κ1) is 36.6. The van der Waals surface area contributed by atoms with Crippen molar-refractivity contribution in [2.45, 2.75) is 60.6 Å². The molecule has 0 radical (unpaired) electrons. The molecular formula is C47H44Cl2Zr. The van der Waals surface area contributed by atoms with Gasteiger partial charge in [-0.1, -0.05) is 0 Å². The summed E-state index contributed by atoms with van der Waals surface area (Å²) >= 11 is -1.33. The minimum absolute atomic E-state index is 0. The maximum absolute atomic E-state index is 2.62. The summed E-state index contributed by atoms with van der Waals surface area (Å²) in [6.45, 7) is 16.2. The van der Waals surface area contributed by atoms with Crippen LogP contribution in [0.4, 0.5) is 0 Å². The Morgan fingerprint density at radius 1 is 0.700 bits per heavy atom. The van der Waals surface area contributed by atoms with E-state index in [9.17, 15) is 0 Å². The van der Waals surface area contributed by atoms with Gasteiger partial charge in [-0.3, -0.25) is 0 Å². The third kappa shape index (κ3) is 6.08. The average molecular weight is 771 g/mol. The fourth-order valence-corrected chi connectivity index (χ4v) is 14.0. The molecule has 0 heterocycles. The van der Waals surface area contributed by atoms with Gasteiger partial charge < -0.3 is 24.8 Å². The van der Waals surface area contributed by atoms with Gasteiger partial charge in [-0.05, 0) is 0 Å². The Hall–Kier alpha value is -3.22. The van der Waals surface area contributed by atoms with Gasteiger partial charge in [0.2, 0.25) is 0 Å². The summed E-state index contributed by atoms with van der Waals surface area (Å²) < 4.78 is 0.370. The van der Waals surface area contributed by atoms with Crippen molar-refractivity contribution in [1.29, 1.82) is 0 Å². The number of hydrogen-bond donors (Lipinski definition) is 0. The van der Waals surface area contributed by atoms with Crippen LogP contribution in [0.1, 0.15) is 82.8 Å². The van der Waals surface area contributed by atoms with Gasteiger partial charge in [0.05, 0.1) is 0 Å². The van der Waals surface area contributed by atoms with E-state index in [0.717, 1.165) is 0 Å². The molecule has 2 aliphatic rings. The molecular weight excluding hydrogens is 727 g/mol. The zero-order valence-electron chi connectivity index (χ0n) is 30.0. The van der Waals surface area contributed by atoms with Gasteiger partial charge in [0.1, 0.15) is 0 Å². The summed E-state index contributed by atoms with van der Waals surface area (Å²) in [6.07, 6.45) is 7.64. The van der Waals surface area contributed by atoms with E-state index < -0.39 is 23.2 Å². The number of allylic oxidation sites excluding steroid dienone is 2. The molecule has 0 saturated heterocycles. The summed E-state index contributed by atoms with van der Waals surface area (Å²) in [5.41, 5.74) is 15.8. The minimum Gasteiger partial charge on any atom is -1.00 e. The quantitative estimate of drug-likeness (QED) is 0.171. The van der Waals surface area contributed by atoms with Crippen molar-refractivity contribution in [2.24, 2.45) is 5.92 Å². The summed E-state index contributed by atoms with van der Waals surface area (Å²) in [4.78, 5) is 0. The van der Waals surface area contributed by atoms with Crippen LogP contribution in [0, 0.1) is 19.8 Å². The van der Waals surface area contributed by atoms with E-state index in [1.54, 1.807) is 5.57 Å². The third-order valence-electron chi connectivity index (χ3n) is 10.8. The van der Waals surface area contributed by atoms with E-state index in [4.69, 9.17) is 0 Å². The standard InChI is InChI=1S/C25H19.C22H25.2ClH.Zr/c1-16-7-11-22-19(13-16)8-9-20-14-17(2)15-24(25(20)22)23-12-10-18-5-3-4-6-21(18)23;1-15(2)18-13-17-7-6-8-20(21(17)14-18)16-9-11-19(12-10-16)22(3,4)5;;;/h3-15H,1-2H3;6-15H,1-5H3;2*1H;/q;;;;+2/p-2. The number of hydrogen-bond acceptors (Lipinski definition) is 0. The topological polar surface area (TPSA) is 0 Å². The van der Waals surface area contributed by atoms with Crippen LogP contribution in [0.15, 0.2) is 121 Å². The Morgan fingerprint density at radius 3 is 2.16 bits per heavy atom. The molecule has 0 amide bonds. The first-order valence-corrected chi connectivity index (χ1v) is 20.1. The van der Waals surface area contributed by atoms with Crippen molar-refractivity contribution in [3.05, 3.63) is 165 Å². The monoisotopic (exact) mass is 768 g/mol. The predicted molar refractivity (Wildman–Crippen MR) is 203 cm³/mol. The number of rotatable bonds is 5. The van der Waals surface area contributed by atoms with Crippen LogP contribution in [0.25, 0.3) is 44.8 Å².